The van der Waals surface area contributed by atoms with Crippen LogP contribution in [0.5, 0.6) is 5.75 Å². The summed E-state index contributed by atoms with van der Waals surface area (Å²) in [6, 6.07) is 11.4. The van der Waals surface area contributed by atoms with Gasteiger partial charge in [-0.05, 0) is 24.3 Å². The van der Waals surface area contributed by atoms with Crippen molar-refractivity contribution >= 4 is 16.7 Å². The van der Waals surface area contributed by atoms with Gasteiger partial charge in [-0.3, -0.25) is 4.79 Å². The maximum absolute atomic E-state index is 12.6. The van der Waals surface area contributed by atoms with Crippen LogP contribution in [-0.2, 0) is 0 Å². The van der Waals surface area contributed by atoms with Gasteiger partial charge in [-0.2, -0.15) is 0 Å². The molecule has 0 aliphatic heterocycles. The molecule has 0 aromatic heterocycles. The quantitative estimate of drug-likeness (QED) is 0.863. The second-order valence-corrected chi connectivity index (χ2v) is 5.16. The van der Waals surface area contributed by atoms with Crippen LogP contribution >= 0.6 is 0 Å². The summed E-state index contributed by atoms with van der Waals surface area (Å²) in [6.45, 7) is 4.23. The molecule has 1 saturated carbocycles. The topological polar surface area (TPSA) is 40.5 Å². The lowest BCUT2D eigenvalue weighted by atomic mass is 10.0. The number of carbonyl (C=O) groups is 1. The average Bonchev–Trinajstić information content (AvgIpc) is 3.29. The number of nitrogens with zero attached hydrogens (tertiary/aromatic N) is 1. The van der Waals surface area contributed by atoms with E-state index in [1.165, 1.54) is 0 Å². The standard InChI is InChI=1S/C17H17NO2/c1-2-11-18(13-8-9-13)17(20)15-10-7-12-5-3-4-6-14(12)16(15)19/h2-7,10,13,19H,1,8-9,11H2. The monoisotopic (exact) mass is 267 g/mol. The zero-order chi connectivity index (χ0) is 14.1. The van der Waals surface area contributed by atoms with Gasteiger partial charge in [0, 0.05) is 18.0 Å². The lowest BCUT2D eigenvalue weighted by Gasteiger charge is -2.21. The first-order chi connectivity index (χ1) is 9.72. The molecule has 1 fully saturated rings. The van der Waals surface area contributed by atoms with Crippen molar-refractivity contribution in [1.82, 2.24) is 4.90 Å². The Morgan fingerprint density at radius 2 is 2.05 bits per heavy atom. The number of fused-ring (bicyclic) bond motifs is 1. The van der Waals surface area contributed by atoms with E-state index >= 15 is 0 Å². The van der Waals surface area contributed by atoms with E-state index in [0.717, 1.165) is 18.2 Å². The highest BCUT2D eigenvalue weighted by Crippen LogP contribution is 2.33. The first-order valence-electron chi connectivity index (χ1n) is 6.85. The molecular formula is C17H17NO2. The molecule has 0 radical (unpaired) electrons. The molecule has 3 rings (SSSR count). The maximum atomic E-state index is 12.6. The average molecular weight is 267 g/mol. The molecule has 1 amide bonds. The number of aromatic hydroxyl groups is 1. The summed E-state index contributed by atoms with van der Waals surface area (Å²) in [4.78, 5) is 14.4. The minimum absolute atomic E-state index is 0.0720. The van der Waals surface area contributed by atoms with Crippen molar-refractivity contribution in [2.24, 2.45) is 0 Å². The third kappa shape index (κ3) is 2.16. The first-order valence-corrected chi connectivity index (χ1v) is 6.85. The minimum atomic E-state index is -0.115. The van der Waals surface area contributed by atoms with Crippen LogP contribution in [0, 0.1) is 0 Å². The Morgan fingerprint density at radius 3 is 2.75 bits per heavy atom. The van der Waals surface area contributed by atoms with Gasteiger partial charge in [-0.15, -0.1) is 6.58 Å². The second kappa shape index (κ2) is 5.00. The van der Waals surface area contributed by atoms with E-state index in [9.17, 15) is 9.90 Å². The Kier molecular flexibility index (Phi) is 3.18. The van der Waals surface area contributed by atoms with Gasteiger partial charge in [0.2, 0.25) is 0 Å². The molecule has 0 saturated heterocycles. The van der Waals surface area contributed by atoms with Crippen LogP contribution in [-0.4, -0.2) is 28.5 Å². The fourth-order valence-corrected chi connectivity index (χ4v) is 2.51. The molecule has 3 nitrogen and oxygen atoms in total. The van der Waals surface area contributed by atoms with E-state index in [1.807, 2.05) is 30.3 Å². The van der Waals surface area contributed by atoms with E-state index in [1.54, 1.807) is 17.0 Å². The van der Waals surface area contributed by atoms with E-state index < -0.39 is 0 Å². The highest BCUT2D eigenvalue weighted by Gasteiger charge is 2.33. The Bertz CT molecular complexity index is 674. The summed E-state index contributed by atoms with van der Waals surface area (Å²) in [7, 11) is 0. The van der Waals surface area contributed by atoms with Crippen LogP contribution < -0.4 is 0 Å². The predicted molar refractivity (Wildman–Crippen MR) is 79.9 cm³/mol. The van der Waals surface area contributed by atoms with Crippen molar-refractivity contribution in [3.8, 4) is 5.75 Å². The van der Waals surface area contributed by atoms with E-state index in [4.69, 9.17) is 0 Å². The third-order valence-corrected chi connectivity index (χ3v) is 3.71. The largest absolute Gasteiger partial charge is 0.506 e. The number of phenols is 1. The van der Waals surface area contributed by atoms with Crippen LogP contribution in [0.1, 0.15) is 23.2 Å². The van der Waals surface area contributed by atoms with Crippen molar-refractivity contribution in [3.63, 3.8) is 0 Å². The second-order valence-electron chi connectivity index (χ2n) is 5.16. The number of carbonyl (C=O) groups excluding carboxylic acids is 1. The predicted octanol–water partition coefficient (Wildman–Crippen LogP) is 3.34. The van der Waals surface area contributed by atoms with Gasteiger partial charge in [0.15, 0.2) is 0 Å². The van der Waals surface area contributed by atoms with Gasteiger partial charge in [0.1, 0.15) is 5.75 Å². The molecule has 0 unspecified atom stereocenters. The van der Waals surface area contributed by atoms with Crippen LogP contribution in [0.4, 0.5) is 0 Å². The van der Waals surface area contributed by atoms with Crippen LogP contribution in [0.3, 0.4) is 0 Å². The summed E-state index contributed by atoms with van der Waals surface area (Å²) in [6.07, 6.45) is 3.80. The summed E-state index contributed by atoms with van der Waals surface area (Å²) < 4.78 is 0. The molecule has 3 heteroatoms. The molecule has 1 aliphatic carbocycles. The maximum Gasteiger partial charge on any atom is 0.258 e. The van der Waals surface area contributed by atoms with Crippen molar-refractivity contribution in [2.75, 3.05) is 6.54 Å². The molecule has 2 aromatic rings. The van der Waals surface area contributed by atoms with E-state index in [2.05, 4.69) is 6.58 Å². The first kappa shape index (κ1) is 12.7. The van der Waals surface area contributed by atoms with E-state index in [-0.39, 0.29) is 11.7 Å². The van der Waals surface area contributed by atoms with Gasteiger partial charge in [-0.25, -0.2) is 0 Å². The molecule has 102 valence electrons. The molecule has 0 spiro atoms. The van der Waals surface area contributed by atoms with E-state index in [0.29, 0.717) is 23.5 Å². The number of benzene rings is 2. The van der Waals surface area contributed by atoms with Crippen LogP contribution in [0.15, 0.2) is 49.1 Å². The van der Waals surface area contributed by atoms with Crippen molar-refractivity contribution in [1.29, 1.82) is 0 Å². The Balaban J connectivity index is 2.02. The Labute approximate surface area is 118 Å². The fourth-order valence-electron chi connectivity index (χ4n) is 2.51. The SMILES string of the molecule is C=CCN(C(=O)c1ccc2ccccc2c1O)C1CC1. The molecule has 1 N–H and O–H groups in total. The zero-order valence-corrected chi connectivity index (χ0v) is 11.2. The summed E-state index contributed by atoms with van der Waals surface area (Å²) in [5.74, 6) is -0.0431. The fraction of sp³-hybridized carbons (Fsp3) is 0.235. The van der Waals surface area contributed by atoms with Gasteiger partial charge in [-0.1, -0.05) is 36.4 Å². The molecule has 2 aromatic carbocycles. The summed E-state index contributed by atoms with van der Waals surface area (Å²) in [5, 5.41) is 12.0. The van der Waals surface area contributed by atoms with Crippen molar-refractivity contribution < 1.29 is 9.90 Å². The van der Waals surface area contributed by atoms with Gasteiger partial charge in [0.05, 0.1) is 5.56 Å². The number of amides is 1. The highest BCUT2D eigenvalue weighted by molar-refractivity contribution is 6.03. The summed E-state index contributed by atoms with van der Waals surface area (Å²) in [5.41, 5.74) is 0.373. The molecule has 20 heavy (non-hydrogen) atoms. The third-order valence-electron chi connectivity index (χ3n) is 3.71. The number of hydrogen-bond acceptors (Lipinski definition) is 2. The zero-order valence-electron chi connectivity index (χ0n) is 11.2. The number of phenolic OH excluding ortho intramolecular Hbond substituents is 1. The van der Waals surface area contributed by atoms with Gasteiger partial charge < -0.3 is 10.0 Å². The van der Waals surface area contributed by atoms with Crippen molar-refractivity contribution in [2.45, 2.75) is 18.9 Å². The molecule has 1 aliphatic rings. The van der Waals surface area contributed by atoms with Gasteiger partial charge >= 0.3 is 0 Å². The molecule has 0 bridgehead atoms. The number of rotatable bonds is 4. The van der Waals surface area contributed by atoms with Crippen molar-refractivity contribution in [3.05, 3.63) is 54.6 Å². The molecular weight excluding hydrogens is 250 g/mol. The normalized spacial score (nSPS) is 14.2. The Hall–Kier alpha value is -2.29. The Morgan fingerprint density at radius 1 is 1.30 bits per heavy atom. The minimum Gasteiger partial charge on any atom is -0.506 e. The van der Waals surface area contributed by atoms with Crippen LogP contribution in [0.2, 0.25) is 0 Å². The lowest BCUT2D eigenvalue weighted by molar-refractivity contribution is 0.0760. The molecule has 0 atom stereocenters. The lowest BCUT2D eigenvalue weighted by Crippen LogP contribution is -2.33. The highest BCUT2D eigenvalue weighted by atomic mass is 16.3. The number of hydrogen-bond donors (Lipinski definition) is 1. The van der Waals surface area contributed by atoms with Gasteiger partial charge in [0.25, 0.3) is 5.91 Å². The van der Waals surface area contributed by atoms with Crippen LogP contribution in [0.25, 0.3) is 10.8 Å². The molecule has 0 heterocycles. The summed E-state index contributed by atoms with van der Waals surface area (Å²) >= 11 is 0. The smallest absolute Gasteiger partial charge is 0.258 e.